The number of ether oxygens (including phenoxy) is 2. The zero-order valence-electron chi connectivity index (χ0n) is 14.1. The Morgan fingerprint density at radius 1 is 0.880 bits per heavy atom. The maximum atomic E-state index is 12.2. The third-order valence-electron chi connectivity index (χ3n) is 3.39. The molecule has 2 aromatic rings. The number of rotatable bonds is 4. The maximum Gasteiger partial charge on any atom is 0.339 e. The third-order valence-corrected chi connectivity index (χ3v) is 3.39. The van der Waals surface area contributed by atoms with Crippen LogP contribution in [0.4, 0.5) is 11.4 Å². The first-order chi connectivity index (χ1) is 12.0. The Morgan fingerprint density at radius 2 is 1.52 bits per heavy atom. The molecule has 0 saturated carbocycles. The van der Waals surface area contributed by atoms with Gasteiger partial charge in [-0.05, 0) is 36.8 Å². The Bertz CT molecular complexity index is 817. The zero-order valence-corrected chi connectivity index (χ0v) is 14.1. The number of para-hydroxylation sites is 1. The Balaban J connectivity index is 2.16. The van der Waals surface area contributed by atoms with Crippen molar-refractivity contribution in [1.29, 1.82) is 0 Å². The Kier molecular flexibility index (Phi) is 5.73. The average Bonchev–Trinajstić information content (AvgIpc) is 2.61. The zero-order chi connectivity index (χ0) is 18.4. The lowest BCUT2D eigenvalue weighted by Crippen LogP contribution is -2.30. The van der Waals surface area contributed by atoms with Crippen molar-refractivity contribution in [2.75, 3.05) is 24.9 Å². The Hall–Kier alpha value is -3.35. The number of amides is 2. The Morgan fingerprint density at radius 3 is 2.16 bits per heavy atom. The molecular formula is C18H18N2O5. The fraction of sp³-hybridized carbons (Fsp3) is 0.167. The highest BCUT2D eigenvalue weighted by atomic mass is 16.5. The van der Waals surface area contributed by atoms with Crippen molar-refractivity contribution in [1.82, 2.24) is 0 Å². The molecule has 0 atom stereocenters. The van der Waals surface area contributed by atoms with Crippen LogP contribution in [-0.4, -0.2) is 32.0 Å². The highest BCUT2D eigenvalue weighted by molar-refractivity contribution is 6.44. The second kappa shape index (κ2) is 7.96. The third kappa shape index (κ3) is 4.35. The van der Waals surface area contributed by atoms with E-state index in [0.717, 1.165) is 5.56 Å². The number of esters is 1. The Labute approximate surface area is 144 Å². The molecule has 0 heterocycles. The van der Waals surface area contributed by atoms with Gasteiger partial charge in [0.1, 0.15) is 5.75 Å². The number of anilines is 2. The highest BCUT2D eigenvalue weighted by Crippen LogP contribution is 2.25. The smallest absolute Gasteiger partial charge is 0.339 e. The van der Waals surface area contributed by atoms with Crippen LogP contribution in [0.2, 0.25) is 0 Å². The SMILES string of the molecule is COC(=O)c1ccccc1NC(=O)C(=O)Nc1cc(C)ccc1OC. The summed E-state index contributed by atoms with van der Waals surface area (Å²) in [6.45, 7) is 1.85. The summed E-state index contributed by atoms with van der Waals surface area (Å²) in [6.07, 6.45) is 0. The van der Waals surface area contributed by atoms with Crippen molar-refractivity contribution < 1.29 is 23.9 Å². The molecule has 25 heavy (non-hydrogen) atoms. The topological polar surface area (TPSA) is 93.7 Å². The minimum atomic E-state index is -0.917. The van der Waals surface area contributed by atoms with Gasteiger partial charge in [-0.15, -0.1) is 0 Å². The number of hydrogen-bond acceptors (Lipinski definition) is 5. The number of carbonyl (C=O) groups is 3. The van der Waals surface area contributed by atoms with Crippen LogP contribution in [0.5, 0.6) is 5.75 Å². The second-order valence-electron chi connectivity index (χ2n) is 5.15. The molecule has 0 saturated heterocycles. The van der Waals surface area contributed by atoms with Gasteiger partial charge in [0.25, 0.3) is 0 Å². The van der Waals surface area contributed by atoms with Crippen LogP contribution >= 0.6 is 0 Å². The summed E-state index contributed by atoms with van der Waals surface area (Å²) in [5.41, 5.74) is 1.61. The van der Waals surface area contributed by atoms with Gasteiger partial charge >= 0.3 is 17.8 Å². The van der Waals surface area contributed by atoms with Crippen LogP contribution in [-0.2, 0) is 14.3 Å². The van der Waals surface area contributed by atoms with Crippen molar-refractivity contribution in [3.63, 3.8) is 0 Å². The van der Waals surface area contributed by atoms with E-state index in [9.17, 15) is 14.4 Å². The van der Waals surface area contributed by atoms with Gasteiger partial charge in [-0.25, -0.2) is 4.79 Å². The van der Waals surface area contributed by atoms with E-state index in [2.05, 4.69) is 15.4 Å². The van der Waals surface area contributed by atoms with Gasteiger partial charge in [0, 0.05) is 0 Å². The van der Waals surface area contributed by atoms with E-state index in [-0.39, 0.29) is 11.3 Å². The normalized spacial score (nSPS) is 9.88. The first kappa shape index (κ1) is 18.0. The van der Waals surface area contributed by atoms with E-state index in [1.165, 1.54) is 26.4 Å². The van der Waals surface area contributed by atoms with Crippen molar-refractivity contribution in [3.05, 3.63) is 53.6 Å². The van der Waals surface area contributed by atoms with Gasteiger partial charge in [0.15, 0.2) is 0 Å². The maximum absolute atomic E-state index is 12.2. The summed E-state index contributed by atoms with van der Waals surface area (Å²) < 4.78 is 9.81. The molecule has 0 unspecified atom stereocenters. The van der Waals surface area contributed by atoms with Crippen molar-refractivity contribution in [2.24, 2.45) is 0 Å². The lowest BCUT2D eigenvalue weighted by atomic mass is 10.1. The standard InChI is InChI=1S/C18H18N2O5/c1-11-8-9-15(24-2)14(10-11)20-17(22)16(21)19-13-7-5-4-6-12(13)18(23)25-3/h4-10H,1-3H3,(H,19,21)(H,20,22). The molecule has 0 bridgehead atoms. The van der Waals surface area contributed by atoms with Crippen LogP contribution in [0.15, 0.2) is 42.5 Å². The first-order valence-corrected chi connectivity index (χ1v) is 7.40. The van der Waals surface area contributed by atoms with Gasteiger partial charge in [-0.1, -0.05) is 18.2 Å². The number of carbonyl (C=O) groups excluding carboxylic acids is 3. The van der Waals surface area contributed by atoms with E-state index in [1.54, 1.807) is 24.3 Å². The molecule has 0 aliphatic heterocycles. The van der Waals surface area contributed by atoms with Gasteiger partial charge in [-0.2, -0.15) is 0 Å². The van der Waals surface area contributed by atoms with Gasteiger partial charge in [-0.3, -0.25) is 9.59 Å². The van der Waals surface area contributed by atoms with E-state index in [1.807, 2.05) is 13.0 Å². The van der Waals surface area contributed by atoms with Crippen molar-refractivity contribution in [3.8, 4) is 5.75 Å². The van der Waals surface area contributed by atoms with Gasteiger partial charge < -0.3 is 20.1 Å². The molecule has 2 amide bonds. The largest absolute Gasteiger partial charge is 0.495 e. The molecule has 0 aromatic heterocycles. The molecule has 0 spiro atoms. The minimum Gasteiger partial charge on any atom is -0.495 e. The van der Waals surface area contributed by atoms with Crippen LogP contribution in [0.3, 0.4) is 0 Å². The molecule has 0 aliphatic rings. The van der Waals surface area contributed by atoms with E-state index < -0.39 is 17.8 Å². The summed E-state index contributed by atoms with van der Waals surface area (Å²) in [5, 5.41) is 4.90. The van der Waals surface area contributed by atoms with Gasteiger partial charge in [0.2, 0.25) is 0 Å². The lowest BCUT2D eigenvalue weighted by Gasteiger charge is -2.12. The summed E-state index contributed by atoms with van der Waals surface area (Å²) in [4.78, 5) is 36.0. The fourth-order valence-corrected chi connectivity index (χ4v) is 2.16. The highest BCUT2D eigenvalue weighted by Gasteiger charge is 2.19. The first-order valence-electron chi connectivity index (χ1n) is 7.40. The summed E-state index contributed by atoms with van der Waals surface area (Å²) >= 11 is 0. The minimum absolute atomic E-state index is 0.152. The van der Waals surface area contributed by atoms with Crippen LogP contribution in [0, 0.1) is 6.92 Å². The van der Waals surface area contributed by atoms with Crippen LogP contribution in [0.1, 0.15) is 15.9 Å². The molecule has 0 radical (unpaired) electrons. The second-order valence-corrected chi connectivity index (χ2v) is 5.15. The van der Waals surface area contributed by atoms with Crippen LogP contribution in [0.25, 0.3) is 0 Å². The fourth-order valence-electron chi connectivity index (χ4n) is 2.16. The summed E-state index contributed by atoms with van der Waals surface area (Å²) in [7, 11) is 2.70. The molecule has 2 N–H and O–H groups in total. The quantitative estimate of drug-likeness (QED) is 0.657. The van der Waals surface area contributed by atoms with Crippen LogP contribution < -0.4 is 15.4 Å². The van der Waals surface area contributed by atoms with Gasteiger partial charge in [0.05, 0.1) is 31.2 Å². The summed E-state index contributed by atoms with van der Waals surface area (Å²) in [6, 6.07) is 11.4. The molecule has 130 valence electrons. The molecule has 0 fully saturated rings. The van der Waals surface area contributed by atoms with E-state index >= 15 is 0 Å². The molecule has 2 rings (SSSR count). The number of methoxy groups -OCH3 is 2. The lowest BCUT2D eigenvalue weighted by molar-refractivity contribution is -0.133. The molecule has 2 aromatic carbocycles. The molecule has 0 aliphatic carbocycles. The predicted molar refractivity (Wildman–Crippen MR) is 92.8 cm³/mol. The predicted octanol–water partition coefficient (Wildman–Crippen LogP) is 2.37. The molecule has 7 nitrogen and oxygen atoms in total. The molecule has 7 heteroatoms. The number of nitrogens with one attached hydrogen (secondary N) is 2. The molecular weight excluding hydrogens is 324 g/mol. The number of hydrogen-bond donors (Lipinski definition) is 2. The average molecular weight is 342 g/mol. The van der Waals surface area contributed by atoms with Crippen molar-refractivity contribution >= 4 is 29.2 Å². The van der Waals surface area contributed by atoms with E-state index in [4.69, 9.17) is 4.74 Å². The monoisotopic (exact) mass is 342 g/mol. The number of benzene rings is 2. The summed E-state index contributed by atoms with van der Waals surface area (Å²) in [5.74, 6) is -1.98. The number of aryl methyl sites for hydroxylation is 1. The van der Waals surface area contributed by atoms with E-state index in [0.29, 0.717) is 11.4 Å². The van der Waals surface area contributed by atoms with Crippen molar-refractivity contribution in [2.45, 2.75) is 6.92 Å².